The molecule has 0 saturated carbocycles. The second kappa shape index (κ2) is 9.82. The fourth-order valence-corrected chi connectivity index (χ4v) is 2.50. The average molecular weight is 395 g/mol. The Bertz CT molecular complexity index is 781. The van der Waals surface area contributed by atoms with Gasteiger partial charge in [0.15, 0.2) is 0 Å². The lowest BCUT2D eigenvalue weighted by molar-refractivity contribution is 0.911. The maximum atomic E-state index is 6.10. The Morgan fingerprint density at radius 1 is 0.840 bits per heavy atom. The minimum absolute atomic E-state index is 0.185. The largest absolute Gasteiger partial charge is 0.398 e. The van der Waals surface area contributed by atoms with E-state index in [-0.39, 0.29) is 6.04 Å². The molecule has 0 aliphatic rings. The monoisotopic (exact) mass is 394 g/mol. The van der Waals surface area contributed by atoms with Gasteiger partial charge in [-0.3, -0.25) is 0 Å². The zero-order chi connectivity index (χ0) is 18.1. The number of benzene rings is 3. The van der Waals surface area contributed by atoms with Crippen LogP contribution in [0.1, 0.15) is 22.7 Å². The summed E-state index contributed by atoms with van der Waals surface area (Å²) in [5.41, 5.74) is 16.2. The van der Waals surface area contributed by atoms with Crippen molar-refractivity contribution < 1.29 is 0 Å². The molecule has 0 spiro atoms. The molecule has 0 aliphatic heterocycles. The van der Waals surface area contributed by atoms with E-state index in [9.17, 15) is 0 Å². The van der Waals surface area contributed by atoms with E-state index in [0.29, 0.717) is 5.70 Å². The van der Waals surface area contributed by atoms with Crippen molar-refractivity contribution >= 4 is 21.6 Å². The third-order valence-electron chi connectivity index (χ3n) is 3.66. The first-order chi connectivity index (χ1) is 12.1. The number of hydrogen-bond donors (Lipinski definition) is 2. The predicted molar refractivity (Wildman–Crippen MR) is 111 cm³/mol. The first-order valence-electron chi connectivity index (χ1n) is 8.11. The molecular formula is C22H23BrN2. The Kier molecular flexibility index (Phi) is 7.45. The van der Waals surface area contributed by atoms with Crippen LogP contribution in [0.2, 0.25) is 0 Å². The van der Waals surface area contributed by atoms with Crippen LogP contribution in [0, 0.1) is 6.92 Å². The molecule has 25 heavy (non-hydrogen) atoms. The quantitative estimate of drug-likeness (QED) is 0.620. The molecule has 0 aromatic heterocycles. The molecule has 3 heteroatoms. The summed E-state index contributed by atoms with van der Waals surface area (Å²) in [6, 6.07) is 27.8. The van der Waals surface area contributed by atoms with Crippen molar-refractivity contribution in [3.05, 3.63) is 112 Å². The fraction of sp³-hybridized carbons (Fsp3) is 0.0909. The highest BCUT2D eigenvalue weighted by Crippen LogP contribution is 2.18. The van der Waals surface area contributed by atoms with Crippen LogP contribution < -0.4 is 11.5 Å². The minimum Gasteiger partial charge on any atom is -0.398 e. The lowest BCUT2D eigenvalue weighted by atomic mass is 10.0. The van der Waals surface area contributed by atoms with Crippen LogP contribution in [0.3, 0.4) is 0 Å². The lowest BCUT2D eigenvalue weighted by Gasteiger charge is -2.09. The van der Waals surface area contributed by atoms with E-state index in [1.807, 2.05) is 78.9 Å². The molecule has 0 saturated heterocycles. The molecule has 0 fully saturated rings. The van der Waals surface area contributed by atoms with E-state index >= 15 is 0 Å². The van der Waals surface area contributed by atoms with Crippen LogP contribution >= 0.6 is 15.9 Å². The van der Waals surface area contributed by atoms with Crippen LogP contribution in [-0.2, 0) is 0 Å². The smallest absolute Gasteiger partial charge is 0.0504 e. The van der Waals surface area contributed by atoms with Crippen molar-refractivity contribution in [2.24, 2.45) is 11.5 Å². The molecule has 4 N–H and O–H groups in total. The summed E-state index contributed by atoms with van der Waals surface area (Å²) in [5.74, 6) is 0. The highest BCUT2D eigenvalue weighted by molar-refractivity contribution is 9.10. The van der Waals surface area contributed by atoms with Crippen LogP contribution in [0.5, 0.6) is 0 Å². The second-order valence-electron chi connectivity index (χ2n) is 5.72. The number of rotatable bonds is 3. The van der Waals surface area contributed by atoms with E-state index in [0.717, 1.165) is 15.6 Å². The van der Waals surface area contributed by atoms with Crippen LogP contribution in [0.25, 0.3) is 5.70 Å². The van der Waals surface area contributed by atoms with Gasteiger partial charge in [0.2, 0.25) is 0 Å². The highest BCUT2D eigenvalue weighted by atomic mass is 79.9. The topological polar surface area (TPSA) is 52.0 Å². The van der Waals surface area contributed by atoms with Gasteiger partial charge in [0.05, 0.1) is 6.04 Å². The Hall–Kier alpha value is -2.36. The van der Waals surface area contributed by atoms with Crippen molar-refractivity contribution in [2.45, 2.75) is 13.0 Å². The highest BCUT2D eigenvalue weighted by Gasteiger charge is 2.04. The fourth-order valence-electron chi connectivity index (χ4n) is 2.24. The molecule has 3 aromatic carbocycles. The summed E-state index contributed by atoms with van der Waals surface area (Å²) in [6.07, 6.45) is 1.87. The van der Waals surface area contributed by atoms with Gasteiger partial charge in [-0.15, -0.1) is 0 Å². The summed E-state index contributed by atoms with van der Waals surface area (Å²) in [4.78, 5) is 0. The molecule has 0 amide bonds. The molecule has 128 valence electrons. The number of nitrogens with two attached hydrogens (primary N) is 2. The van der Waals surface area contributed by atoms with Gasteiger partial charge in [0.1, 0.15) is 0 Å². The van der Waals surface area contributed by atoms with E-state index in [2.05, 4.69) is 35.0 Å². The van der Waals surface area contributed by atoms with Crippen molar-refractivity contribution in [2.75, 3.05) is 0 Å². The SMILES string of the molecule is Cc1ccccc1.N/C(=C\C(N)c1ccccc1)c1ccc(Br)cc1. The maximum absolute atomic E-state index is 6.10. The van der Waals surface area contributed by atoms with Crippen molar-refractivity contribution in [3.63, 3.8) is 0 Å². The van der Waals surface area contributed by atoms with Crippen LogP contribution in [0.4, 0.5) is 0 Å². The first-order valence-corrected chi connectivity index (χ1v) is 8.91. The van der Waals surface area contributed by atoms with Gasteiger partial charge < -0.3 is 11.5 Å². The third kappa shape index (κ3) is 6.57. The van der Waals surface area contributed by atoms with Crippen LogP contribution in [-0.4, -0.2) is 0 Å². The molecule has 3 aromatic rings. The predicted octanol–water partition coefficient (Wildman–Crippen LogP) is 5.44. The molecule has 1 atom stereocenters. The molecule has 0 bridgehead atoms. The van der Waals surface area contributed by atoms with Gasteiger partial charge >= 0.3 is 0 Å². The summed E-state index contributed by atoms with van der Waals surface area (Å²) in [7, 11) is 0. The van der Waals surface area contributed by atoms with E-state index in [4.69, 9.17) is 11.5 Å². The third-order valence-corrected chi connectivity index (χ3v) is 4.19. The minimum atomic E-state index is -0.185. The van der Waals surface area contributed by atoms with E-state index in [1.54, 1.807) is 0 Å². The van der Waals surface area contributed by atoms with Gasteiger partial charge in [-0.2, -0.15) is 0 Å². The van der Waals surface area contributed by atoms with Gasteiger partial charge in [-0.25, -0.2) is 0 Å². The first kappa shape index (κ1) is 19.0. The zero-order valence-corrected chi connectivity index (χ0v) is 15.9. The normalized spacial score (nSPS) is 12.0. The molecule has 0 heterocycles. The lowest BCUT2D eigenvalue weighted by Crippen LogP contribution is -2.09. The molecule has 3 rings (SSSR count). The molecule has 0 radical (unpaired) electrons. The van der Waals surface area contributed by atoms with Gasteiger partial charge in [0.25, 0.3) is 0 Å². The Morgan fingerprint density at radius 2 is 1.36 bits per heavy atom. The molecule has 0 aliphatic carbocycles. The van der Waals surface area contributed by atoms with Crippen molar-refractivity contribution in [1.29, 1.82) is 0 Å². The van der Waals surface area contributed by atoms with Gasteiger partial charge in [-0.1, -0.05) is 94.3 Å². The summed E-state index contributed by atoms with van der Waals surface area (Å²) >= 11 is 3.40. The maximum Gasteiger partial charge on any atom is 0.0504 e. The average Bonchev–Trinajstić information content (AvgIpc) is 2.64. The number of halogens is 1. The Morgan fingerprint density at radius 3 is 1.84 bits per heavy atom. The summed E-state index contributed by atoms with van der Waals surface area (Å²) < 4.78 is 1.03. The standard InChI is InChI=1S/C15H15BrN2.C7H8/c16-13-8-6-12(7-9-13)15(18)10-14(17)11-4-2-1-3-5-11;1-7-5-3-2-4-6-7/h1-10,14H,17-18H2;2-6H,1H3/b15-10-;. The summed E-state index contributed by atoms with van der Waals surface area (Å²) in [5, 5.41) is 0. The second-order valence-corrected chi connectivity index (χ2v) is 6.64. The Balaban J connectivity index is 0.000000269. The van der Waals surface area contributed by atoms with Crippen molar-refractivity contribution in [3.8, 4) is 0 Å². The molecule has 2 nitrogen and oxygen atoms in total. The summed E-state index contributed by atoms with van der Waals surface area (Å²) in [6.45, 7) is 2.08. The molecule has 1 unspecified atom stereocenters. The molecular weight excluding hydrogens is 372 g/mol. The zero-order valence-electron chi connectivity index (χ0n) is 14.3. The van der Waals surface area contributed by atoms with Gasteiger partial charge in [-0.05, 0) is 36.3 Å². The Labute approximate surface area is 158 Å². The number of hydrogen-bond acceptors (Lipinski definition) is 2. The van der Waals surface area contributed by atoms with E-state index in [1.165, 1.54) is 5.56 Å². The number of aryl methyl sites for hydroxylation is 1. The van der Waals surface area contributed by atoms with Crippen molar-refractivity contribution in [1.82, 2.24) is 0 Å². The van der Waals surface area contributed by atoms with Crippen LogP contribution in [0.15, 0.2) is 95.5 Å². The van der Waals surface area contributed by atoms with E-state index < -0.39 is 0 Å². The van der Waals surface area contributed by atoms with Gasteiger partial charge in [0, 0.05) is 10.2 Å².